The number of hydrogen-bond donors (Lipinski definition) is 4. The van der Waals surface area contributed by atoms with Crippen LogP contribution in [0.3, 0.4) is 0 Å². The van der Waals surface area contributed by atoms with E-state index in [4.69, 9.17) is 18.9 Å². The van der Waals surface area contributed by atoms with Gasteiger partial charge >= 0.3 is 0 Å². The number of carbonyl (C=O) groups is 4. The predicted octanol–water partition coefficient (Wildman–Crippen LogP) is 4.58. The first-order valence-electron chi connectivity index (χ1n) is 18.9. The number of hydrogen-bond acceptors (Lipinski definition) is 8. The Morgan fingerprint density at radius 1 is 0.375 bits per heavy atom. The molecule has 0 aromatic rings. The van der Waals surface area contributed by atoms with Gasteiger partial charge in [-0.3, -0.25) is 19.2 Å². The summed E-state index contributed by atoms with van der Waals surface area (Å²) in [6.07, 6.45) is 21.7. The van der Waals surface area contributed by atoms with Crippen molar-refractivity contribution in [2.75, 3.05) is 79.0 Å². The average molecular weight is 687 g/mol. The molecular weight excluding hydrogens is 616 g/mol. The minimum absolute atomic E-state index is 0.0127. The van der Waals surface area contributed by atoms with Crippen LogP contribution in [0, 0.1) is 0 Å². The van der Waals surface area contributed by atoms with Crippen LogP contribution >= 0.6 is 0 Å². The summed E-state index contributed by atoms with van der Waals surface area (Å²) >= 11 is 0. The van der Waals surface area contributed by atoms with E-state index in [-0.39, 0.29) is 50.0 Å². The molecule has 0 unspecified atom stereocenters. The maximum atomic E-state index is 12.0. The van der Waals surface area contributed by atoms with Crippen molar-refractivity contribution >= 4 is 23.6 Å². The minimum atomic E-state index is -0.257. The lowest BCUT2D eigenvalue weighted by atomic mass is 10.0. The lowest BCUT2D eigenvalue weighted by Crippen LogP contribution is -2.38. The van der Waals surface area contributed by atoms with Crippen LogP contribution in [0.1, 0.15) is 129 Å². The van der Waals surface area contributed by atoms with Crippen molar-refractivity contribution in [3.8, 4) is 0 Å². The highest BCUT2D eigenvalue weighted by atomic mass is 16.5. The molecule has 0 aromatic heterocycles. The number of unbranched alkanes of at least 4 members (excludes halogenated alkanes) is 15. The number of carbonyl (C=O) groups excluding carboxylic acids is 4. The highest BCUT2D eigenvalue weighted by Gasteiger charge is 2.06. The van der Waals surface area contributed by atoms with E-state index in [1.54, 1.807) is 0 Å². The molecule has 0 fully saturated rings. The van der Waals surface area contributed by atoms with Gasteiger partial charge in [-0.05, 0) is 12.8 Å². The van der Waals surface area contributed by atoms with Gasteiger partial charge < -0.3 is 40.2 Å². The zero-order valence-electron chi connectivity index (χ0n) is 30.5. The second kappa shape index (κ2) is 37.5. The molecule has 0 aliphatic carbocycles. The fourth-order valence-electron chi connectivity index (χ4n) is 4.79. The molecule has 0 radical (unpaired) electrons. The van der Waals surface area contributed by atoms with Gasteiger partial charge in [-0.25, -0.2) is 0 Å². The van der Waals surface area contributed by atoms with Crippen LogP contribution in [0.4, 0.5) is 0 Å². The summed E-state index contributed by atoms with van der Waals surface area (Å²) in [4.78, 5) is 47.2. The maximum absolute atomic E-state index is 12.0. The topological polar surface area (TPSA) is 153 Å². The summed E-state index contributed by atoms with van der Waals surface area (Å²) in [6, 6.07) is 0. The molecule has 0 saturated carbocycles. The second-order valence-corrected chi connectivity index (χ2v) is 12.2. The van der Waals surface area contributed by atoms with E-state index < -0.39 is 0 Å². The molecule has 0 saturated heterocycles. The normalized spacial score (nSPS) is 11.0. The van der Waals surface area contributed by atoms with Gasteiger partial charge in [0, 0.05) is 26.1 Å². The van der Waals surface area contributed by atoms with Crippen molar-refractivity contribution in [2.45, 2.75) is 129 Å². The molecule has 0 rings (SSSR count). The first-order chi connectivity index (χ1) is 23.5. The van der Waals surface area contributed by atoms with Gasteiger partial charge in [0.15, 0.2) is 0 Å². The van der Waals surface area contributed by atoms with Crippen molar-refractivity contribution in [2.24, 2.45) is 0 Å². The van der Waals surface area contributed by atoms with Crippen LogP contribution in [0.2, 0.25) is 0 Å². The molecular formula is C36H70N4O8. The quantitative estimate of drug-likeness (QED) is 0.0694. The van der Waals surface area contributed by atoms with E-state index in [0.717, 1.165) is 25.7 Å². The molecule has 48 heavy (non-hydrogen) atoms. The van der Waals surface area contributed by atoms with Gasteiger partial charge in [0.25, 0.3) is 0 Å². The zero-order valence-corrected chi connectivity index (χ0v) is 30.5. The summed E-state index contributed by atoms with van der Waals surface area (Å²) in [5.41, 5.74) is 0. The Morgan fingerprint density at radius 3 is 1.25 bits per heavy atom. The largest absolute Gasteiger partial charge is 0.377 e. The van der Waals surface area contributed by atoms with Gasteiger partial charge in [0.05, 0.1) is 46.2 Å². The molecule has 0 aliphatic rings. The van der Waals surface area contributed by atoms with Crippen LogP contribution in [0.5, 0.6) is 0 Å². The van der Waals surface area contributed by atoms with Crippen molar-refractivity contribution in [3.05, 3.63) is 0 Å². The van der Waals surface area contributed by atoms with Crippen LogP contribution in [0.15, 0.2) is 0 Å². The van der Waals surface area contributed by atoms with Gasteiger partial charge in [-0.1, -0.05) is 110 Å². The summed E-state index contributed by atoms with van der Waals surface area (Å²) in [5, 5.41) is 10.8. The molecule has 12 heteroatoms. The van der Waals surface area contributed by atoms with Crippen molar-refractivity contribution < 1.29 is 38.1 Å². The first-order valence-corrected chi connectivity index (χ1v) is 18.9. The van der Waals surface area contributed by atoms with E-state index in [1.165, 1.54) is 83.5 Å². The summed E-state index contributed by atoms with van der Waals surface area (Å²) in [7, 11) is 0. The van der Waals surface area contributed by atoms with Crippen LogP contribution in [-0.4, -0.2) is 103 Å². The number of amides is 4. The smallest absolute Gasteiger partial charge is 0.246 e. The molecule has 0 bridgehead atoms. The molecule has 282 valence electrons. The summed E-state index contributed by atoms with van der Waals surface area (Å²) in [6.45, 7) is 7.35. The van der Waals surface area contributed by atoms with E-state index >= 15 is 0 Å². The maximum Gasteiger partial charge on any atom is 0.246 e. The Hall–Kier alpha value is -2.28. The molecule has 0 heterocycles. The monoisotopic (exact) mass is 687 g/mol. The molecule has 4 N–H and O–H groups in total. The van der Waals surface area contributed by atoms with E-state index in [1.807, 2.05) is 0 Å². The Labute approximate surface area is 291 Å². The van der Waals surface area contributed by atoms with Gasteiger partial charge in [0.2, 0.25) is 23.6 Å². The molecule has 0 atom stereocenters. The van der Waals surface area contributed by atoms with Gasteiger partial charge in [0.1, 0.15) is 13.2 Å². The van der Waals surface area contributed by atoms with Crippen molar-refractivity contribution in [3.63, 3.8) is 0 Å². The van der Waals surface area contributed by atoms with Crippen LogP contribution in [0.25, 0.3) is 0 Å². The standard InChI is InChI=1S/C36H70N4O8/c1-3-5-7-8-9-10-11-12-13-14-15-16-17-18-19-20-33(41)40-30-34(42)38-22-24-45-26-29-48-32-36(44)39-23-25-46-27-28-47-31-35(43)37-21-6-4-2/h3-32H2,1-2H3,(H,37,43)(H,38,42)(H,39,44)(H,40,41). The van der Waals surface area contributed by atoms with Crippen molar-refractivity contribution in [1.29, 1.82) is 0 Å². The van der Waals surface area contributed by atoms with Crippen LogP contribution in [-0.2, 0) is 38.1 Å². The lowest BCUT2D eigenvalue weighted by Gasteiger charge is -2.09. The summed E-state index contributed by atoms with van der Waals surface area (Å²) < 4.78 is 21.3. The Kier molecular flexibility index (Phi) is 35.8. The predicted molar refractivity (Wildman–Crippen MR) is 190 cm³/mol. The van der Waals surface area contributed by atoms with E-state index in [9.17, 15) is 19.2 Å². The SMILES string of the molecule is CCCCCCCCCCCCCCCCCC(=O)NCC(=O)NCCOCCOCC(=O)NCCOCCOCC(=O)NCCCC. The average Bonchev–Trinajstić information content (AvgIpc) is 3.08. The third-order valence-corrected chi connectivity index (χ3v) is 7.65. The van der Waals surface area contributed by atoms with E-state index in [2.05, 4.69) is 35.1 Å². The molecule has 0 aliphatic heterocycles. The molecule has 0 spiro atoms. The van der Waals surface area contributed by atoms with E-state index in [0.29, 0.717) is 59.1 Å². The van der Waals surface area contributed by atoms with Crippen molar-refractivity contribution in [1.82, 2.24) is 21.3 Å². The highest BCUT2D eigenvalue weighted by molar-refractivity contribution is 5.84. The number of rotatable bonds is 37. The second-order valence-electron chi connectivity index (χ2n) is 12.2. The fraction of sp³-hybridized carbons (Fsp3) is 0.889. The van der Waals surface area contributed by atoms with Crippen LogP contribution < -0.4 is 21.3 Å². The Bertz CT molecular complexity index is 772. The van der Waals surface area contributed by atoms with Gasteiger partial charge in [-0.15, -0.1) is 0 Å². The first kappa shape index (κ1) is 45.7. The Morgan fingerprint density at radius 2 is 0.771 bits per heavy atom. The third-order valence-electron chi connectivity index (χ3n) is 7.65. The highest BCUT2D eigenvalue weighted by Crippen LogP contribution is 2.13. The summed E-state index contributed by atoms with van der Waals surface area (Å²) in [5.74, 6) is -0.731. The third kappa shape index (κ3) is 36.6. The molecule has 0 aromatic carbocycles. The van der Waals surface area contributed by atoms with Gasteiger partial charge in [-0.2, -0.15) is 0 Å². The lowest BCUT2D eigenvalue weighted by molar-refractivity contribution is -0.127. The Balaban J connectivity index is 3.38. The molecule has 12 nitrogen and oxygen atoms in total. The fourth-order valence-corrected chi connectivity index (χ4v) is 4.79. The minimum Gasteiger partial charge on any atom is -0.377 e. The zero-order chi connectivity index (χ0) is 35.2. The molecule has 4 amide bonds. The number of nitrogens with one attached hydrogen (secondary N) is 4. The number of ether oxygens (including phenoxy) is 4.